The molecule has 4 nitrogen and oxygen atoms in total. The summed E-state index contributed by atoms with van der Waals surface area (Å²) in [5.74, 6) is 1.06. The fourth-order valence-corrected chi connectivity index (χ4v) is 6.44. The zero-order chi connectivity index (χ0) is 27.7. The van der Waals surface area contributed by atoms with Crippen LogP contribution >= 0.6 is 11.6 Å². The summed E-state index contributed by atoms with van der Waals surface area (Å²) in [6.45, 7) is 4.54. The third kappa shape index (κ3) is 3.71. The lowest BCUT2D eigenvalue weighted by Gasteiger charge is -2.21. The third-order valence-corrected chi connectivity index (χ3v) is 8.46. The number of fused-ring (bicyclic) bond motifs is 6. The Kier molecular flexibility index (Phi) is 5.19. The summed E-state index contributed by atoms with van der Waals surface area (Å²) in [4.78, 5) is 14.1. The summed E-state index contributed by atoms with van der Waals surface area (Å²) in [5.41, 5.74) is 10.6. The molecule has 0 amide bonds. The smallest absolute Gasteiger partial charge is 0.226 e. The fraction of sp³-hybridized carbons (Fsp3) is 0.0833. The highest BCUT2D eigenvalue weighted by atomic mass is 35.5. The first kappa shape index (κ1) is 24.0. The fourth-order valence-electron chi connectivity index (χ4n) is 6.28. The quantitative estimate of drug-likeness (QED) is 0.220. The highest BCUT2D eigenvalue weighted by Crippen LogP contribution is 2.49. The minimum absolute atomic E-state index is 0.0665. The standard InChI is InChI=1S/C36H24ClN3O/c1-36(2)28-13-7-6-11-24(28)26-20-23(15-17-29(26)36)33-38-34(40-35(37)39-33)25-12-8-14-31-32(25)27-19-22(16-18-30(27)41-31)21-9-4-3-5-10-21/h3-20H,1-2H3. The lowest BCUT2D eigenvalue weighted by Crippen LogP contribution is -2.14. The van der Waals surface area contributed by atoms with Crippen molar-refractivity contribution in [3.05, 3.63) is 126 Å². The molecule has 1 aliphatic rings. The zero-order valence-corrected chi connectivity index (χ0v) is 23.3. The minimum atomic E-state index is -0.0665. The molecule has 196 valence electrons. The van der Waals surface area contributed by atoms with Gasteiger partial charge in [0.1, 0.15) is 11.2 Å². The van der Waals surface area contributed by atoms with Crippen LogP contribution < -0.4 is 0 Å². The van der Waals surface area contributed by atoms with Crippen LogP contribution in [0.2, 0.25) is 5.28 Å². The average molecular weight is 550 g/mol. The Hall–Kier alpha value is -4.80. The summed E-state index contributed by atoms with van der Waals surface area (Å²) in [7, 11) is 0. The number of furan rings is 1. The first-order valence-corrected chi connectivity index (χ1v) is 14.0. The summed E-state index contributed by atoms with van der Waals surface area (Å²) in [6, 6.07) is 37.6. The monoisotopic (exact) mass is 549 g/mol. The molecule has 0 saturated carbocycles. The first-order chi connectivity index (χ1) is 20.0. The van der Waals surface area contributed by atoms with E-state index in [-0.39, 0.29) is 10.7 Å². The van der Waals surface area contributed by atoms with Gasteiger partial charge in [0.25, 0.3) is 0 Å². The number of nitrogens with zero attached hydrogens (tertiary/aromatic N) is 3. The van der Waals surface area contributed by atoms with Crippen molar-refractivity contribution < 1.29 is 4.42 Å². The van der Waals surface area contributed by atoms with Crippen LogP contribution in [0.5, 0.6) is 0 Å². The van der Waals surface area contributed by atoms with Gasteiger partial charge in [-0.15, -0.1) is 0 Å². The molecule has 1 aliphatic carbocycles. The van der Waals surface area contributed by atoms with Gasteiger partial charge in [-0.3, -0.25) is 0 Å². The Balaban J connectivity index is 1.30. The van der Waals surface area contributed by atoms with Crippen LogP contribution in [0.4, 0.5) is 0 Å². The van der Waals surface area contributed by atoms with Gasteiger partial charge in [0.15, 0.2) is 11.6 Å². The van der Waals surface area contributed by atoms with Crippen molar-refractivity contribution in [1.29, 1.82) is 0 Å². The molecule has 0 fully saturated rings. The molecular weight excluding hydrogens is 526 g/mol. The Labute approximate surface area is 242 Å². The highest BCUT2D eigenvalue weighted by Gasteiger charge is 2.35. The predicted molar refractivity (Wildman–Crippen MR) is 166 cm³/mol. The van der Waals surface area contributed by atoms with Gasteiger partial charge in [0.05, 0.1) is 0 Å². The van der Waals surface area contributed by atoms with Crippen molar-refractivity contribution >= 4 is 33.5 Å². The molecule has 0 atom stereocenters. The van der Waals surface area contributed by atoms with Crippen molar-refractivity contribution in [2.45, 2.75) is 19.3 Å². The second-order valence-corrected chi connectivity index (χ2v) is 11.4. The molecule has 0 bridgehead atoms. The summed E-state index contributed by atoms with van der Waals surface area (Å²) >= 11 is 6.56. The predicted octanol–water partition coefficient (Wildman–Crippen LogP) is 9.73. The van der Waals surface area contributed by atoms with E-state index in [2.05, 4.69) is 90.5 Å². The molecule has 8 rings (SSSR count). The molecule has 0 N–H and O–H groups in total. The molecule has 0 radical (unpaired) electrons. The lowest BCUT2D eigenvalue weighted by molar-refractivity contribution is 0.660. The van der Waals surface area contributed by atoms with Gasteiger partial charge >= 0.3 is 0 Å². The number of hydrogen-bond donors (Lipinski definition) is 0. The van der Waals surface area contributed by atoms with E-state index in [0.717, 1.165) is 44.2 Å². The van der Waals surface area contributed by atoms with Crippen molar-refractivity contribution in [3.8, 4) is 45.0 Å². The Bertz CT molecular complexity index is 2150. The van der Waals surface area contributed by atoms with Crippen molar-refractivity contribution in [2.75, 3.05) is 0 Å². The van der Waals surface area contributed by atoms with Gasteiger partial charge in [-0.25, -0.2) is 4.98 Å². The van der Waals surface area contributed by atoms with Crippen molar-refractivity contribution in [1.82, 2.24) is 15.0 Å². The molecule has 2 aromatic heterocycles. The van der Waals surface area contributed by atoms with E-state index in [1.165, 1.54) is 22.3 Å². The van der Waals surface area contributed by atoms with Gasteiger partial charge in [-0.2, -0.15) is 9.97 Å². The lowest BCUT2D eigenvalue weighted by atomic mass is 9.82. The topological polar surface area (TPSA) is 51.8 Å². The molecule has 0 unspecified atom stereocenters. The Morgan fingerprint density at radius 2 is 1.29 bits per heavy atom. The SMILES string of the molecule is CC1(C)c2ccccc2-c2cc(-c3nc(Cl)nc(-c4cccc5oc6ccc(-c7ccccc7)cc6c45)n3)ccc21. The number of aromatic nitrogens is 3. The van der Waals surface area contributed by atoms with Crippen LogP contribution in [0, 0.1) is 0 Å². The molecule has 0 aliphatic heterocycles. The van der Waals surface area contributed by atoms with Gasteiger partial charge in [-0.05, 0) is 69.2 Å². The van der Waals surface area contributed by atoms with Crippen LogP contribution in [0.25, 0.3) is 67.0 Å². The van der Waals surface area contributed by atoms with Crippen LogP contribution in [0.3, 0.4) is 0 Å². The molecule has 5 aromatic carbocycles. The number of halogens is 1. The second-order valence-electron chi connectivity index (χ2n) is 11.0. The molecule has 7 aromatic rings. The van der Waals surface area contributed by atoms with Crippen LogP contribution in [-0.2, 0) is 5.41 Å². The van der Waals surface area contributed by atoms with E-state index in [4.69, 9.17) is 21.0 Å². The zero-order valence-electron chi connectivity index (χ0n) is 22.5. The number of hydrogen-bond acceptors (Lipinski definition) is 4. The maximum Gasteiger partial charge on any atom is 0.226 e. The van der Waals surface area contributed by atoms with E-state index < -0.39 is 0 Å². The maximum absolute atomic E-state index is 6.56. The molecule has 2 heterocycles. The second kappa shape index (κ2) is 8.85. The summed E-state index contributed by atoms with van der Waals surface area (Å²) in [6.07, 6.45) is 0. The number of benzene rings is 5. The highest BCUT2D eigenvalue weighted by molar-refractivity contribution is 6.28. The molecule has 0 spiro atoms. The van der Waals surface area contributed by atoms with Crippen LogP contribution in [-0.4, -0.2) is 15.0 Å². The van der Waals surface area contributed by atoms with E-state index in [1.807, 2.05) is 42.5 Å². The summed E-state index contributed by atoms with van der Waals surface area (Å²) < 4.78 is 6.25. The molecule has 0 saturated heterocycles. The normalized spacial score (nSPS) is 13.4. The first-order valence-electron chi connectivity index (χ1n) is 13.6. The Morgan fingerprint density at radius 3 is 2.17 bits per heavy atom. The van der Waals surface area contributed by atoms with Crippen LogP contribution in [0.15, 0.2) is 114 Å². The van der Waals surface area contributed by atoms with Gasteiger partial charge in [0.2, 0.25) is 5.28 Å². The van der Waals surface area contributed by atoms with Crippen LogP contribution in [0.1, 0.15) is 25.0 Å². The third-order valence-electron chi connectivity index (χ3n) is 8.29. The number of rotatable bonds is 3. The van der Waals surface area contributed by atoms with E-state index in [1.54, 1.807) is 0 Å². The van der Waals surface area contributed by atoms with Crippen molar-refractivity contribution in [3.63, 3.8) is 0 Å². The molecular formula is C36H24ClN3O. The summed E-state index contributed by atoms with van der Waals surface area (Å²) in [5, 5.41) is 2.12. The van der Waals surface area contributed by atoms with Gasteiger partial charge in [-0.1, -0.05) is 98.8 Å². The van der Waals surface area contributed by atoms with Gasteiger partial charge in [0, 0.05) is 27.3 Å². The van der Waals surface area contributed by atoms with E-state index in [0.29, 0.717) is 11.6 Å². The average Bonchev–Trinajstić information content (AvgIpc) is 3.49. The van der Waals surface area contributed by atoms with Crippen molar-refractivity contribution in [2.24, 2.45) is 0 Å². The van der Waals surface area contributed by atoms with Gasteiger partial charge < -0.3 is 4.42 Å². The van der Waals surface area contributed by atoms with E-state index in [9.17, 15) is 0 Å². The van der Waals surface area contributed by atoms with E-state index >= 15 is 0 Å². The Morgan fingerprint density at radius 1 is 0.561 bits per heavy atom. The molecule has 41 heavy (non-hydrogen) atoms. The largest absolute Gasteiger partial charge is 0.456 e. The maximum atomic E-state index is 6.56. The minimum Gasteiger partial charge on any atom is -0.456 e. The molecule has 5 heteroatoms.